The van der Waals surface area contributed by atoms with Gasteiger partial charge in [-0.05, 0) is 41.8 Å². The van der Waals surface area contributed by atoms with Crippen molar-refractivity contribution in [3.05, 3.63) is 59.7 Å². The molecule has 5 N–H and O–H groups in total. The second-order valence-electron chi connectivity index (χ2n) is 6.68. The topological polar surface area (TPSA) is 117 Å². The van der Waals surface area contributed by atoms with Crippen LogP contribution in [-0.4, -0.2) is 28.7 Å². The molecule has 2 atom stereocenters. The van der Waals surface area contributed by atoms with Gasteiger partial charge in [0.2, 0.25) is 11.8 Å². The normalized spacial score (nSPS) is 17.6. The summed E-state index contributed by atoms with van der Waals surface area (Å²) < 4.78 is 0. The Kier molecular flexibility index (Phi) is 5.52. The van der Waals surface area contributed by atoms with E-state index in [9.17, 15) is 14.7 Å². The number of hydrogen-bond donors (Lipinski definition) is 4. The number of amides is 2. The first-order valence-corrected chi connectivity index (χ1v) is 8.73. The van der Waals surface area contributed by atoms with Gasteiger partial charge in [-0.25, -0.2) is 5.43 Å². The Bertz CT molecular complexity index is 860. The summed E-state index contributed by atoms with van der Waals surface area (Å²) in [6, 6.07) is 13.2. The predicted molar refractivity (Wildman–Crippen MR) is 103 cm³/mol. The third-order valence-electron chi connectivity index (χ3n) is 4.44. The highest BCUT2D eigenvalue weighted by Gasteiger charge is 2.21. The maximum Gasteiger partial charge on any atom is 0.241 e. The highest BCUT2D eigenvalue weighted by Crippen LogP contribution is 2.19. The standard InChI is InChI=1S/C20H22N4O3/c1-12-10-18(26)23-24-19(12)14-4-6-15(7-5-14)22-20(27)17(21)11-13-2-8-16(25)9-3-13/h2-9,12,17,25H,10-11,21H2,1H3,(H,22,27)(H,23,26)/t12?,17-/m0/s1. The SMILES string of the molecule is CC1CC(=O)NN=C1c1ccc(NC(=O)[C@@H](N)Cc2ccc(O)cc2)cc1. The van der Waals surface area contributed by atoms with Crippen LogP contribution in [0, 0.1) is 5.92 Å². The molecule has 0 aromatic heterocycles. The van der Waals surface area contributed by atoms with E-state index in [0.717, 1.165) is 16.8 Å². The number of hydrogen-bond acceptors (Lipinski definition) is 5. The molecule has 0 bridgehead atoms. The number of nitrogens with zero attached hydrogens (tertiary/aromatic N) is 1. The molecular formula is C20H22N4O3. The Labute approximate surface area is 157 Å². The van der Waals surface area contributed by atoms with E-state index in [-0.39, 0.29) is 23.5 Å². The van der Waals surface area contributed by atoms with Gasteiger partial charge in [0.05, 0.1) is 11.8 Å². The fraction of sp³-hybridized carbons (Fsp3) is 0.250. The monoisotopic (exact) mass is 366 g/mol. The number of carbonyl (C=O) groups excluding carboxylic acids is 2. The van der Waals surface area contributed by atoms with Crippen molar-refractivity contribution in [2.75, 3.05) is 5.32 Å². The van der Waals surface area contributed by atoms with Crippen LogP contribution in [0.2, 0.25) is 0 Å². The van der Waals surface area contributed by atoms with Gasteiger partial charge in [0.15, 0.2) is 0 Å². The minimum atomic E-state index is -0.702. The second kappa shape index (κ2) is 8.01. The number of phenols is 1. The van der Waals surface area contributed by atoms with Gasteiger partial charge in [0.1, 0.15) is 5.75 Å². The van der Waals surface area contributed by atoms with Crippen LogP contribution in [0.5, 0.6) is 5.75 Å². The largest absolute Gasteiger partial charge is 0.508 e. The van der Waals surface area contributed by atoms with E-state index < -0.39 is 6.04 Å². The maximum absolute atomic E-state index is 12.3. The predicted octanol–water partition coefficient (Wildman–Crippen LogP) is 1.76. The minimum Gasteiger partial charge on any atom is -0.508 e. The van der Waals surface area contributed by atoms with Gasteiger partial charge >= 0.3 is 0 Å². The zero-order valence-electron chi connectivity index (χ0n) is 15.0. The molecule has 0 aliphatic carbocycles. The van der Waals surface area contributed by atoms with Crippen LogP contribution in [-0.2, 0) is 16.0 Å². The first-order valence-electron chi connectivity index (χ1n) is 8.73. The molecule has 2 aromatic carbocycles. The first kappa shape index (κ1) is 18.6. The van der Waals surface area contributed by atoms with Crippen LogP contribution in [0.1, 0.15) is 24.5 Å². The Morgan fingerprint density at radius 1 is 1.26 bits per heavy atom. The van der Waals surface area contributed by atoms with Gasteiger partial charge in [-0.3, -0.25) is 9.59 Å². The van der Waals surface area contributed by atoms with Crippen molar-refractivity contribution in [2.45, 2.75) is 25.8 Å². The summed E-state index contributed by atoms with van der Waals surface area (Å²) >= 11 is 0. The average Bonchev–Trinajstić information content (AvgIpc) is 2.64. The highest BCUT2D eigenvalue weighted by molar-refractivity contribution is 6.06. The van der Waals surface area contributed by atoms with Crippen LogP contribution in [0.3, 0.4) is 0 Å². The van der Waals surface area contributed by atoms with Crippen LogP contribution >= 0.6 is 0 Å². The molecule has 0 fully saturated rings. The van der Waals surface area contributed by atoms with Crippen LogP contribution < -0.4 is 16.5 Å². The molecular weight excluding hydrogens is 344 g/mol. The molecule has 7 nitrogen and oxygen atoms in total. The highest BCUT2D eigenvalue weighted by atomic mass is 16.3. The van der Waals surface area contributed by atoms with Crippen LogP contribution in [0.25, 0.3) is 0 Å². The molecule has 0 saturated heterocycles. The molecule has 7 heteroatoms. The van der Waals surface area contributed by atoms with Crippen molar-refractivity contribution in [3.63, 3.8) is 0 Å². The fourth-order valence-electron chi connectivity index (χ4n) is 2.94. The van der Waals surface area contributed by atoms with Crippen molar-refractivity contribution in [1.82, 2.24) is 5.43 Å². The number of benzene rings is 2. The lowest BCUT2D eigenvalue weighted by molar-refractivity contribution is -0.122. The van der Waals surface area contributed by atoms with Crippen LogP contribution in [0.4, 0.5) is 5.69 Å². The maximum atomic E-state index is 12.3. The number of aromatic hydroxyl groups is 1. The van der Waals surface area contributed by atoms with Crippen molar-refractivity contribution >= 4 is 23.2 Å². The molecule has 3 rings (SSSR count). The summed E-state index contributed by atoms with van der Waals surface area (Å²) in [5.41, 5.74) is 11.7. The van der Waals surface area contributed by atoms with Gasteiger partial charge in [-0.1, -0.05) is 31.2 Å². The minimum absolute atomic E-state index is 0.0397. The summed E-state index contributed by atoms with van der Waals surface area (Å²) in [5, 5.41) is 16.2. The Balaban J connectivity index is 1.61. The molecule has 1 aliphatic rings. The summed E-state index contributed by atoms with van der Waals surface area (Å²) in [7, 11) is 0. The van der Waals surface area contributed by atoms with Crippen molar-refractivity contribution < 1.29 is 14.7 Å². The van der Waals surface area contributed by atoms with Gasteiger partial charge < -0.3 is 16.2 Å². The van der Waals surface area contributed by atoms with Crippen LogP contribution in [0.15, 0.2) is 53.6 Å². The third-order valence-corrected chi connectivity index (χ3v) is 4.44. The third kappa shape index (κ3) is 4.71. The van der Waals surface area contributed by atoms with Gasteiger partial charge in [0.25, 0.3) is 0 Å². The fourth-order valence-corrected chi connectivity index (χ4v) is 2.94. The van der Waals surface area contributed by atoms with Crippen molar-refractivity contribution in [2.24, 2.45) is 16.8 Å². The Morgan fingerprint density at radius 2 is 1.93 bits per heavy atom. The number of rotatable bonds is 5. The van der Waals surface area contributed by atoms with Crippen molar-refractivity contribution in [3.8, 4) is 5.75 Å². The van der Waals surface area contributed by atoms with E-state index in [1.54, 1.807) is 36.4 Å². The Morgan fingerprint density at radius 3 is 2.56 bits per heavy atom. The molecule has 140 valence electrons. The smallest absolute Gasteiger partial charge is 0.241 e. The summed E-state index contributed by atoms with van der Waals surface area (Å²) in [6.45, 7) is 1.95. The molecule has 0 radical (unpaired) electrons. The second-order valence-corrected chi connectivity index (χ2v) is 6.68. The average molecular weight is 366 g/mol. The summed E-state index contributed by atoms with van der Waals surface area (Å²) in [5.74, 6) is -0.157. The van der Waals surface area contributed by atoms with E-state index in [4.69, 9.17) is 5.73 Å². The van der Waals surface area contributed by atoms with E-state index in [2.05, 4.69) is 15.8 Å². The van der Waals surface area contributed by atoms with E-state index in [1.807, 2.05) is 19.1 Å². The number of nitrogens with two attached hydrogens (primary N) is 1. The molecule has 1 unspecified atom stereocenters. The lowest BCUT2D eigenvalue weighted by Gasteiger charge is -2.19. The molecule has 0 saturated carbocycles. The first-order chi connectivity index (χ1) is 12.9. The summed E-state index contributed by atoms with van der Waals surface area (Å²) in [4.78, 5) is 23.6. The van der Waals surface area contributed by atoms with E-state index >= 15 is 0 Å². The van der Waals surface area contributed by atoms with E-state index in [0.29, 0.717) is 18.5 Å². The zero-order valence-corrected chi connectivity index (χ0v) is 15.0. The van der Waals surface area contributed by atoms with Gasteiger partial charge in [-0.2, -0.15) is 5.10 Å². The zero-order chi connectivity index (χ0) is 19.4. The molecule has 0 spiro atoms. The molecule has 1 aliphatic heterocycles. The quantitative estimate of drug-likeness (QED) is 0.645. The number of phenolic OH excluding ortho intramolecular Hbond substituents is 1. The van der Waals surface area contributed by atoms with Gasteiger partial charge in [0, 0.05) is 18.0 Å². The Hall–Kier alpha value is -3.19. The number of nitrogens with one attached hydrogen (secondary N) is 2. The molecule has 2 amide bonds. The number of hydrazone groups is 1. The number of carbonyl (C=O) groups is 2. The van der Waals surface area contributed by atoms with Gasteiger partial charge in [-0.15, -0.1) is 0 Å². The molecule has 27 heavy (non-hydrogen) atoms. The molecule has 1 heterocycles. The summed E-state index contributed by atoms with van der Waals surface area (Å²) in [6.07, 6.45) is 0.779. The van der Waals surface area contributed by atoms with E-state index in [1.165, 1.54) is 0 Å². The lowest BCUT2D eigenvalue weighted by Crippen LogP contribution is -2.37. The number of anilines is 1. The lowest BCUT2D eigenvalue weighted by atomic mass is 9.94. The van der Waals surface area contributed by atoms with Crippen molar-refractivity contribution in [1.29, 1.82) is 0 Å². The molecule has 2 aromatic rings.